The molecule has 3 rings (SSSR count). The minimum absolute atomic E-state index is 0.885. The highest BCUT2D eigenvalue weighted by molar-refractivity contribution is 5.49. The van der Waals surface area contributed by atoms with Gasteiger partial charge in [-0.25, -0.2) is 9.13 Å². The summed E-state index contributed by atoms with van der Waals surface area (Å²) in [5.74, 6) is 13.3. The number of hydrogen-bond acceptors (Lipinski definition) is 0. The average molecular weight is 395 g/mol. The third kappa shape index (κ3) is 7.23. The molecule has 0 spiro atoms. The molecule has 0 saturated carbocycles. The van der Waals surface area contributed by atoms with Gasteiger partial charge >= 0.3 is 0 Å². The van der Waals surface area contributed by atoms with Crippen LogP contribution in [0.25, 0.3) is 0 Å². The van der Waals surface area contributed by atoms with Gasteiger partial charge in [0.05, 0.1) is 0 Å². The van der Waals surface area contributed by atoms with Crippen molar-refractivity contribution in [3.63, 3.8) is 0 Å². The Bertz CT molecular complexity index is 967. The van der Waals surface area contributed by atoms with Gasteiger partial charge in [-0.2, -0.15) is 0 Å². The normalized spacial score (nSPS) is 9.93. The highest BCUT2D eigenvalue weighted by atomic mass is 14.9. The van der Waals surface area contributed by atoms with E-state index in [9.17, 15) is 0 Å². The van der Waals surface area contributed by atoms with Crippen molar-refractivity contribution < 1.29 is 9.13 Å². The molecule has 0 atom stereocenters. The maximum absolute atomic E-state index is 3.32. The molecule has 0 bridgehead atoms. The van der Waals surface area contributed by atoms with Crippen molar-refractivity contribution in [3.05, 3.63) is 95.6 Å². The number of unbranched alkanes of at least 4 members (excludes halogenated alkanes) is 2. The highest BCUT2D eigenvalue weighted by Crippen LogP contribution is 2.06. The van der Waals surface area contributed by atoms with Crippen molar-refractivity contribution in [1.82, 2.24) is 0 Å². The van der Waals surface area contributed by atoms with Gasteiger partial charge in [0.25, 0.3) is 0 Å². The summed E-state index contributed by atoms with van der Waals surface area (Å²) in [4.78, 5) is 0. The summed E-state index contributed by atoms with van der Waals surface area (Å²) in [6.07, 6.45) is 12.4. The second-order valence-electron chi connectivity index (χ2n) is 7.58. The molecular weight excluding hydrogens is 364 g/mol. The first-order chi connectivity index (χ1) is 14.7. The lowest BCUT2D eigenvalue weighted by atomic mass is 10.1. The lowest BCUT2D eigenvalue weighted by molar-refractivity contribution is -0.697. The third-order valence-electron chi connectivity index (χ3n) is 4.92. The third-order valence-corrected chi connectivity index (χ3v) is 4.92. The number of aryl methyl sites for hydroxylation is 4. The molecule has 0 radical (unpaired) electrons. The van der Waals surface area contributed by atoms with Crippen LogP contribution < -0.4 is 9.13 Å². The maximum Gasteiger partial charge on any atom is 0.169 e. The number of benzene rings is 1. The largest absolute Gasteiger partial charge is 0.205 e. The van der Waals surface area contributed by atoms with Crippen LogP contribution in [0.15, 0.2) is 73.3 Å². The Morgan fingerprint density at radius 3 is 1.40 bits per heavy atom. The van der Waals surface area contributed by atoms with Crippen LogP contribution in [0.4, 0.5) is 0 Å². The van der Waals surface area contributed by atoms with Gasteiger partial charge in [-0.1, -0.05) is 35.8 Å². The van der Waals surface area contributed by atoms with Gasteiger partial charge in [-0.05, 0) is 37.1 Å². The zero-order chi connectivity index (χ0) is 21.0. The summed E-state index contributed by atoms with van der Waals surface area (Å²) in [6, 6.07) is 16.7. The molecule has 0 aliphatic rings. The van der Waals surface area contributed by atoms with Gasteiger partial charge in [0.15, 0.2) is 24.8 Å². The van der Waals surface area contributed by atoms with E-state index in [-0.39, 0.29) is 0 Å². The summed E-state index contributed by atoms with van der Waals surface area (Å²) < 4.78 is 4.42. The Morgan fingerprint density at radius 2 is 1.00 bits per heavy atom. The van der Waals surface area contributed by atoms with Crippen LogP contribution in [0.3, 0.4) is 0 Å². The van der Waals surface area contributed by atoms with E-state index in [0.29, 0.717) is 0 Å². The van der Waals surface area contributed by atoms with E-state index in [1.54, 1.807) is 0 Å². The molecule has 3 aromatic rings. The zero-order valence-electron chi connectivity index (χ0n) is 18.1. The van der Waals surface area contributed by atoms with E-state index in [1.807, 2.05) is 12.1 Å². The molecular formula is C28H30N2+2. The van der Waals surface area contributed by atoms with Crippen molar-refractivity contribution >= 4 is 0 Å². The van der Waals surface area contributed by atoms with Crippen molar-refractivity contribution in [3.8, 4) is 23.7 Å². The number of rotatable bonds is 6. The molecule has 0 saturated heterocycles. The first-order valence-corrected chi connectivity index (χ1v) is 10.7. The summed E-state index contributed by atoms with van der Waals surface area (Å²) in [6.45, 7) is 6.21. The van der Waals surface area contributed by atoms with Crippen molar-refractivity contribution in [2.45, 2.75) is 52.6 Å². The quantitative estimate of drug-likeness (QED) is 0.329. The summed E-state index contributed by atoms with van der Waals surface area (Å²) in [5.41, 5.74) is 4.64. The second kappa shape index (κ2) is 11.6. The van der Waals surface area contributed by atoms with E-state index < -0.39 is 0 Å². The fourth-order valence-corrected chi connectivity index (χ4v) is 3.08. The average Bonchev–Trinajstić information content (AvgIpc) is 2.77. The molecule has 2 aromatic heterocycles. The monoisotopic (exact) mass is 394 g/mol. The van der Waals surface area contributed by atoms with Crippen LogP contribution in [0.1, 0.15) is 47.9 Å². The molecule has 150 valence electrons. The topological polar surface area (TPSA) is 7.76 Å². The zero-order valence-corrected chi connectivity index (χ0v) is 18.1. The Kier molecular flexibility index (Phi) is 8.25. The highest BCUT2D eigenvalue weighted by Gasteiger charge is 1.99. The summed E-state index contributed by atoms with van der Waals surface area (Å²) in [7, 11) is 0. The Morgan fingerprint density at radius 1 is 0.600 bits per heavy atom. The van der Waals surface area contributed by atoms with Crippen molar-refractivity contribution in [1.29, 1.82) is 0 Å². The smallest absolute Gasteiger partial charge is 0.169 e. The SMILES string of the molecule is Cc1cc[n+](CCCC#Cc2ccccc2C#CCCC[n+]2ccc(C)cc2)cc1. The Hall–Kier alpha value is -3.36. The van der Waals surface area contributed by atoms with Crippen LogP contribution in [0.2, 0.25) is 0 Å². The molecule has 0 N–H and O–H groups in total. The van der Waals surface area contributed by atoms with Crippen LogP contribution >= 0.6 is 0 Å². The number of aromatic nitrogens is 2. The molecule has 0 aliphatic heterocycles. The molecule has 0 amide bonds. The Balaban J connectivity index is 1.47. The lowest BCUT2D eigenvalue weighted by Crippen LogP contribution is -2.32. The van der Waals surface area contributed by atoms with Crippen molar-refractivity contribution in [2.75, 3.05) is 0 Å². The van der Waals surface area contributed by atoms with E-state index in [0.717, 1.165) is 49.9 Å². The standard InChI is InChI=1S/C28H30N2/c1-25-15-21-29(22-16-25)19-9-3-5-11-27-13-7-8-14-28(27)12-6-4-10-20-30-23-17-26(2)18-24-30/h7-8,13-18,21-24H,3-4,9-10,19-20H2,1-2H3/q+2. The fourth-order valence-electron chi connectivity index (χ4n) is 3.08. The van der Waals surface area contributed by atoms with Crippen LogP contribution in [0, 0.1) is 37.5 Å². The first kappa shape index (κ1) is 21.4. The van der Waals surface area contributed by atoms with Gasteiger partial charge in [0.1, 0.15) is 13.1 Å². The van der Waals surface area contributed by atoms with Crippen LogP contribution in [0.5, 0.6) is 0 Å². The van der Waals surface area contributed by atoms with Crippen LogP contribution in [-0.4, -0.2) is 0 Å². The number of hydrogen-bond donors (Lipinski definition) is 0. The minimum Gasteiger partial charge on any atom is -0.205 e. The molecule has 0 unspecified atom stereocenters. The van der Waals surface area contributed by atoms with Gasteiger partial charge in [0.2, 0.25) is 0 Å². The van der Waals surface area contributed by atoms with Gasteiger partial charge in [-0.3, -0.25) is 0 Å². The summed E-state index contributed by atoms with van der Waals surface area (Å²) >= 11 is 0. The molecule has 0 fully saturated rings. The summed E-state index contributed by atoms with van der Waals surface area (Å²) in [5, 5.41) is 0. The predicted octanol–water partition coefficient (Wildman–Crippen LogP) is 4.54. The Labute approximate surface area is 181 Å². The molecule has 1 aromatic carbocycles. The lowest BCUT2D eigenvalue weighted by Gasteiger charge is -1.96. The molecule has 30 heavy (non-hydrogen) atoms. The van der Waals surface area contributed by atoms with Crippen LogP contribution in [-0.2, 0) is 13.1 Å². The number of pyridine rings is 2. The minimum atomic E-state index is 0.885. The van der Waals surface area contributed by atoms with Gasteiger partial charge < -0.3 is 0 Å². The molecule has 0 aliphatic carbocycles. The van der Waals surface area contributed by atoms with E-state index >= 15 is 0 Å². The molecule has 2 nitrogen and oxygen atoms in total. The predicted molar refractivity (Wildman–Crippen MR) is 121 cm³/mol. The van der Waals surface area contributed by atoms with E-state index in [2.05, 4.69) is 108 Å². The second-order valence-corrected chi connectivity index (χ2v) is 7.58. The van der Waals surface area contributed by atoms with E-state index in [1.165, 1.54) is 11.1 Å². The first-order valence-electron chi connectivity index (χ1n) is 10.7. The molecule has 2 heterocycles. The van der Waals surface area contributed by atoms with Crippen molar-refractivity contribution in [2.24, 2.45) is 0 Å². The van der Waals surface area contributed by atoms with Gasteiger partial charge in [-0.15, -0.1) is 0 Å². The van der Waals surface area contributed by atoms with E-state index in [4.69, 9.17) is 0 Å². The number of nitrogens with zero attached hydrogens (tertiary/aromatic N) is 2. The fraction of sp³-hybridized carbons (Fsp3) is 0.286. The molecule has 2 heteroatoms. The maximum atomic E-state index is 3.32. The van der Waals surface area contributed by atoms with Gasteiger partial charge in [0, 0.05) is 61.1 Å².